The minimum atomic E-state index is -0.382. The van der Waals surface area contributed by atoms with Gasteiger partial charge in [0.05, 0.1) is 31.5 Å². The van der Waals surface area contributed by atoms with E-state index in [-0.39, 0.29) is 11.6 Å². The van der Waals surface area contributed by atoms with E-state index >= 15 is 0 Å². The predicted molar refractivity (Wildman–Crippen MR) is 182 cm³/mol. The summed E-state index contributed by atoms with van der Waals surface area (Å²) in [4.78, 5) is 0. The molecule has 0 N–H and O–H groups in total. The van der Waals surface area contributed by atoms with Crippen molar-refractivity contribution in [1.29, 1.82) is 0 Å². The molecule has 0 fully saturated rings. The number of halogens is 6. The molecule has 0 aliphatic heterocycles. The minimum absolute atomic E-state index is 0.382. The molecule has 2 aromatic heterocycles. The summed E-state index contributed by atoms with van der Waals surface area (Å²) in [6, 6.07) is 23.4. The van der Waals surface area contributed by atoms with Crippen LogP contribution in [0.3, 0.4) is 0 Å². The molecule has 6 aromatic rings. The van der Waals surface area contributed by atoms with Gasteiger partial charge in [-0.05, 0) is 71.8 Å². The molecule has 2 heterocycles. The van der Waals surface area contributed by atoms with Crippen LogP contribution < -0.4 is 0 Å². The van der Waals surface area contributed by atoms with Gasteiger partial charge in [0.2, 0.25) is 0 Å². The monoisotopic (exact) mass is 732 g/mol. The number of hydrogen-bond donors (Lipinski definition) is 0. The van der Waals surface area contributed by atoms with Gasteiger partial charge in [0.1, 0.15) is 23.3 Å². The molecular formula is C32H22Cl4F2N6S2. The van der Waals surface area contributed by atoms with Crippen molar-refractivity contribution in [2.24, 2.45) is 0 Å². The zero-order chi connectivity index (χ0) is 32.2. The van der Waals surface area contributed by atoms with Crippen LogP contribution in [0.15, 0.2) is 95.2 Å². The van der Waals surface area contributed by atoms with E-state index in [4.69, 9.17) is 46.4 Å². The van der Waals surface area contributed by atoms with Crippen LogP contribution in [0.1, 0.15) is 22.8 Å². The molecule has 0 unspecified atom stereocenters. The van der Waals surface area contributed by atoms with Gasteiger partial charge in [0, 0.05) is 24.3 Å². The highest BCUT2D eigenvalue weighted by Gasteiger charge is 2.20. The van der Waals surface area contributed by atoms with Gasteiger partial charge in [-0.1, -0.05) is 94.2 Å². The quantitative estimate of drug-likeness (QED) is 0.124. The van der Waals surface area contributed by atoms with Gasteiger partial charge >= 0.3 is 0 Å². The minimum Gasteiger partial charge on any atom is -0.274 e. The summed E-state index contributed by atoms with van der Waals surface area (Å²) in [7, 11) is 0. The van der Waals surface area contributed by atoms with E-state index in [1.807, 2.05) is 21.3 Å². The Labute approximate surface area is 292 Å². The maximum atomic E-state index is 14.4. The Hall–Kier alpha value is -3.12. The van der Waals surface area contributed by atoms with Crippen molar-refractivity contribution in [3.63, 3.8) is 0 Å². The average Bonchev–Trinajstić information content (AvgIpc) is 3.64. The lowest BCUT2D eigenvalue weighted by Gasteiger charge is -2.12. The van der Waals surface area contributed by atoms with E-state index in [2.05, 4.69) is 20.4 Å². The Bertz CT molecular complexity index is 1880. The third-order valence-corrected chi connectivity index (χ3v) is 10.3. The van der Waals surface area contributed by atoms with Gasteiger partial charge in [-0.2, -0.15) is 0 Å². The Kier molecular flexibility index (Phi) is 10.5. The summed E-state index contributed by atoms with van der Waals surface area (Å²) in [6.45, 7) is 0. The fourth-order valence-corrected chi connectivity index (χ4v) is 7.11. The molecule has 6 nitrogen and oxygen atoms in total. The SMILES string of the molecule is Fc1cccc(-n2c(CCc3nnc(SCc4ccc(Cl)c(Cl)c4)n3-c3cccc(F)c3)nnc2SCc2ccc(Cl)c(Cl)c2)c1. The number of rotatable bonds is 11. The predicted octanol–water partition coefficient (Wildman–Crippen LogP) is 10.1. The maximum Gasteiger partial charge on any atom is 0.196 e. The van der Waals surface area contributed by atoms with Gasteiger partial charge in [0.25, 0.3) is 0 Å². The van der Waals surface area contributed by atoms with Crippen LogP contribution in [0, 0.1) is 11.6 Å². The Morgan fingerprint density at radius 3 is 1.35 bits per heavy atom. The van der Waals surface area contributed by atoms with Gasteiger partial charge in [-0.3, -0.25) is 9.13 Å². The lowest BCUT2D eigenvalue weighted by Crippen LogP contribution is -2.09. The summed E-state index contributed by atoms with van der Waals surface area (Å²) >= 11 is 27.5. The Balaban J connectivity index is 1.29. The molecule has 0 saturated carbocycles. The highest BCUT2D eigenvalue weighted by Crippen LogP contribution is 2.31. The molecule has 0 spiro atoms. The zero-order valence-corrected chi connectivity index (χ0v) is 28.3. The second kappa shape index (κ2) is 14.8. The first-order valence-corrected chi connectivity index (χ1v) is 17.3. The van der Waals surface area contributed by atoms with E-state index in [0.717, 1.165) is 11.1 Å². The van der Waals surface area contributed by atoms with E-state index < -0.39 is 0 Å². The second-order valence-electron chi connectivity index (χ2n) is 10.0. The largest absolute Gasteiger partial charge is 0.274 e. The number of hydrogen-bond acceptors (Lipinski definition) is 6. The zero-order valence-electron chi connectivity index (χ0n) is 23.7. The smallest absolute Gasteiger partial charge is 0.196 e. The summed E-state index contributed by atoms with van der Waals surface area (Å²) in [6.07, 6.45) is 0.781. The van der Waals surface area contributed by atoms with Crippen molar-refractivity contribution in [3.8, 4) is 11.4 Å². The van der Waals surface area contributed by atoms with Gasteiger partial charge in [-0.25, -0.2) is 8.78 Å². The van der Waals surface area contributed by atoms with Crippen LogP contribution in [0.4, 0.5) is 8.78 Å². The fraction of sp³-hybridized carbons (Fsp3) is 0.125. The van der Waals surface area contributed by atoms with E-state index in [9.17, 15) is 8.78 Å². The van der Waals surface area contributed by atoms with Crippen molar-refractivity contribution >= 4 is 69.9 Å². The molecule has 0 aliphatic rings. The van der Waals surface area contributed by atoms with Gasteiger partial charge in [0.15, 0.2) is 10.3 Å². The summed E-state index contributed by atoms with van der Waals surface area (Å²) in [5, 5.41) is 20.9. The normalized spacial score (nSPS) is 11.3. The van der Waals surface area contributed by atoms with Crippen LogP contribution in [-0.4, -0.2) is 29.5 Å². The lowest BCUT2D eigenvalue weighted by molar-refractivity contribution is 0.623. The molecule has 0 aliphatic carbocycles. The molecule has 234 valence electrons. The van der Waals surface area contributed by atoms with Crippen molar-refractivity contribution in [1.82, 2.24) is 29.5 Å². The van der Waals surface area contributed by atoms with Crippen LogP contribution in [0.5, 0.6) is 0 Å². The van der Waals surface area contributed by atoms with Crippen molar-refractivity contribution in [2.45, 2.75) is 34.7 Å². The molecule has 0 radical (unpaired) electrons. The standard InChI is InChI=1S/C32H22Cl4F2N6S2/c33-25-9-7-19(13-27(25)35)17-45-31-41-39-29(43(31)23-5-1-3-21(37)15-23)11-12-30-40-42-32(44(30)24-6-2-4-22(38)16-24)46-18-20-8-10-26(34)28(36)14-20/h1-10,13-16H,11-12,17-18H2. The molecule has 46 heavy (non-hydrogen) atoms. The highest BCUT2D eigenvalue weighted by molar-refractivity contribution is 7.98. The number of benzene rings is 4. The van der Waals surface area contributed by atoms with Crippen LogP contribution in [-0.2, 0) is 24.3 Å². The van der Waals surface area contributed by atoms with Crippen molar-refractivity contribution < 1.29 is 8.78 Å². The summed E-state index contributed by atoms with van der Waals surface area (Å²) in [5.74, 6) is 1.51. The van der Waals surface area contributed by atoms with Crippen LogP contribution >= 0.6 is 69.9 Å². The lowest BCUT2D eigenvalue weighted by atomic mass is 10.2. The average molecular weight is 735 g/mol. The summed E-state index contributed by atoms with van der Waals surface area (Å²) in [5.41, 5.74) is 3.06. The van der Waals surface area contributed by atoms with Crippen molar-refractivity contribution in [2.75, 3.05) is 0 Å². The first-order chi connectivity index (χ1) is 22.2. The van der Waals surface area contributed by atoms with E-state index in [1.165, 1.54) is 47.8 Å². The molecule has 0 bridgehead atoms. The second-order valence-corrected chi connectivity index (χ2v) is 13.5. The first-order valence-electron chi connectivity index (χ1n) is 13.8. The number of aromatic nitrogens is 6. The van der Waals surface area contributed by atoms with E-state index in [1.54, 1.807) is 48.5 Å². The molecule has 6 rings (SSSR count). The topological polar surface area (TPSA) is 61.4 Å². The van der Waals surface area contributed by atoms with Crippen LogP contribution in [0.2, 0.25) is 20.1 Å². The fourth-order valence-electron chi connectivity index (χ4n) is 4.64. The summed E-state index contributed by atoms with van der Waals surface area (Å²) < 4.78 is 32.4. The maximum absolute atomic E-state index is 14.4. The molecular weight excluding hydrogens is 712 g/mol. The molecule has 0 saturated heterocycles. The molecule has 0 atom stereocenters. The van der Waals surface area contributed by atoms with Gasteiger partial charge < -0.3 is 0 Å². The number of aryl methyl sites for hydroxylation is 2. The molecule has 0 amide bonds. The number of nitrogens with zero attached hydrogens (tertiary/aromatic N) is 6. The first kappa shape index (κ1) is 32.8. The Morgan fingerprint density at radius 1 is 0.522 bits per heavy atom. The molecule has 4 aromatic carbocycles. The third-order valence-electron chi connectivity index (χ3n) is 6.81. The van der Waals surface area contributed by atoms with Crippen LogP contribution in [0.25, 0.3) is 11.4 Å². The van der Waals surface area contributed by atoms with E-state index in [0.29, 0.717) is 77.8 Å². The molecule has 14 heteroatoms. The third kappa shape index (κ3) is 7.70. The number of thioether (sulfide) groups is 2. The van der Waals surface area contributed by atoms with Gasteiger partial charge in [-0.15, -0.1) is 20.4 Å². The Morgan fingerprint density at radius 2 is 0.957 bits per heavy atom. The van der Waals surface area contributed by atoms with Crippen molar-refractivity contribution in [3.05, 3.63) is 139 Å². The highest BCUT2D eigenvalue weighted by atomic mass is 35.5.